The molecule has 33 heavy (non-hydrogen) atoms. The van der Waals surface area contributed by atoms with Crippen molar-refractivity contribution in [1.82, 2.24) is 9.97 Å². The molecule has 1 saturated heterocycles. The molecule has 3 aromatic rings. The first-order valence-electron chi connectivity index (χ1n) is 10.3. The maximum absolute atomic E-state index is 14.2. The van der Waals surface area contributed by atoms with Crippen LogP contribution in [0.25, 0.3) is 0 Å². The monoisotopic (exact) mass is 471 g/mol. The first-order valence-corrected chi connectivity index (χ1v) is 10.7. The highest BCUT2D eigenvalue weighted by Crippen LogP contribution is 2.31. The maximum Gasteiger partial charge on any atom is 0.245 e. The average molecular weight is 472 g/mol. The minimum atomic E-state index is -0.489. The van der Waals surface area contributed by atoms with Crippen molar-refractivity contribution in [3.63, 3.8) is 0 Å². The molecule has 0 amide bonds. The standard InChI is InChI=1S/C23H23ClFN5O3/c1-31-20-4-2-3-17(21(20)33-15-16-5-7-18(24)8-6-16)13-27-29-23-26-14-19(25)22(28-23)30-9-11-32-12-10-30/h2-8,13-14H,9-12,15H2,1H3,(H,26,28,29). The van der Waals surface area contributed by atoms with E-state index in [1.165, 1.54) is 0 Å². The molecule has 0 radical (unpaired) electrons. The van der Waals surface area contributed by atoms with Gasteiger partial charge in [0.1, 0.15) is 6.61 Å². The van der Waals surface area contributed by atoms with Gasteiger partial charge >= 0.3 is 0 Å². The Morgan fingerprint density at radius 2 is 2.00 bits per heavy atom. The summed E-state index contributed by atoms with van der Waals surface area (Å²) in [7, 11) is 1.57. The third-order valence-corrected chi connectivity index (χ3v) is 5.18. The molecule has 2 heterocycles. The van der Waals surface area contributed by atoms with Crippen LogP contribution < -0.4 is 19.8 Å². The minimum absolute atomic E-state index is 0.181. The summed E-state index contributed by atoms with van der Waals surface area (Å²) in [5.41, 5.74) is 4.40. The van der Waals surface area contributed by atoms with Crippen LogP contribution >= 0.6 is 11.6 Å². The third kappa shape index (κ3) is 5.88. The Balaban J connectivity index is 1.48. The van der Waals surface area contributed by atoms with Gasteiger partial charge in [0.25, 0.3) is 0 Å². The highest BCUT2D eigenvalue weighted by molar-refractivity contribution is 6.30. The fourth-order valence-corrected chi connectivity index (χ4v) is 3.38. The molecule has 1 aliphatic rings. The Morgan fingerprint density at radius 1 is 1.21 bits per heavy atom. The van der Waals surface area contributed by atoms with E-state index in [9.17, 15) is 4.39 Å². The van der Waals surface area contributed by atoms with Gasteiger partial charge in [0.05, 0.1) is 32.7 Å². The van der Waals surface area contributed by atoms with E-state index in [-0.39, 0.29) is 11.8 Å². The number of hydrogen-bond donors (Lipinski definition) is 1. The summed E-state index contributed by atoms with van der Waals surface area (Å²) >= 11 is 5.95. The number of hydrazone groups is 1. The number of nitrogens with zero attached hydrogens (tertiary/aromatic N) is 4. The molecule has 0 spiro atoms. The zero-order chi connectivity index (χ0) is 23.0. The zero-order valence-corrected chi connectivity index (χ0v) is 18.8. The predicted octanol–water partition coefficient (Wildman–Crippen LogP) is 4.14. The maximum atomic E-state index is 14.2. The summed E-state index contributed by atoms with van der Waals surface area (Å²) in [6.07, 6.45) is 2.70. The van der Waals surface area contributed by atoms with E-state index in [0.29, 0.717) is 55.0 Å². The van der Waals surface area contributed by atoms with Gasteiger partial charge in [-0.15, -0.1) is 0 Å². The van der Waals surface area contributed by atoms with Crippen molar-refractivity contribution in [3.8, 4) is 11.5 Å². The lowest BCUT2D eigenvalue weighted by atomic mass is 10.2. The van der Waals surface area contributed by atoms with Crippen LogP contribution in [-0.2, 0) is 11.3 Å². The van der Waals surface area contributed by atoms with Crippen LogP contribution in [0.2, 0.25) is 5.02 Å². The van der Waals surface area contributed by atoms with Crippen molar-refractivity contribution in [2.75, 3.05) is 43.7 Å². The number of nitrogens with one attached hydrogen (secondary N) is 1. The largest absolute Gasteiger partial charge is 0.493 e. The molecule has 0 atom stereocenters. The van der Waals surface area contributed by atoms with Gasteiger partial charge < -0.3 is 19.1 Å². The molecule has 8 nitrogen and oxygen atoms in total. The molecular weight excluding hydrogens is 449 g/mol. The Labute approximate surface area is 196 Å². The number of benzene rings is 2. The number of para-hydroxylation sites is 1. The van der Waals surface area contributed by atoms with Crippen LogP contribution in [0.5, 0.6) is 11.5 Å². The lowest BCUT2D eigenvalue weighted by Crippen LogP contribution is -2.37. The van der Waals surface area contributed by atoms with Crippen LogP contribution in [0.3, 0.4) is 0 Å². The number of ether oxygens (including phenoxy) is 3. The van der Waals surface area contributed by atoms with E-state index in [2.05, 4.69) is 20.5 Å². The topological polar surface area (TPSA) is 81.1 Å². The second-order valence-corrected chi connectivity index (χ2v) is 7.56. The smallest absolute Gasteiger partial charge is 0.245 e. The average Bonchev–Trinajstić information content (AvgIpc) is 2.85. The highest BCUT2D eigenvalue weighted by Gasteiger charge is 2.18. The first kappa shape index (κ1) is 22.8. The van der Waals surface area contributed by atoms with Gasteiger partial charge in [-0.25, -0.2) is 14.8 Å². The molecule has 2 aromatic carbocycles. The molecule has 0 unspecified atom stereocenters. The molecule has 1 aliphatic heterocycles. The van der Waals surface area contributed by atoms with Gasteiger partial charge in [-0.05, 0) is 29.8 Å². The summed E-state index contributed by atoms with van der Waals surface area (Å²) in [5, 5.41) is 4.87. The highest BCUT2D eigenvalue weighted by atomic mass is 35.5. The number of aromatic nitrogens is 2. The molecule has 1 N–H and O–H groups in total. The lowest BCUT2D eigenvalue weighted by Gasteiger charge is -2.27. The number of halogens is 2. The quantitative estimate of drug-likeness (QED) is 0.390. The van der Waals surface area contributed by atoms with E-state index in [1.807, 2.05) is 41.3 Å². The normalized spacial score (nSPS) is 13.8. The van der Waals surface area contributed by atoms with E-state index in [0.717, 1.165) is 11.8 Å². The molecular formula is C23H23ClFN5O3. The SMILES string of the molecule is COc1cccc(C=NNc2ncc(F)c(N3CCOCC3)n2)c1OCc1ccc(Cl)cc1. The van der Waals surface area contributed by atoms with Gasteiger partial charge in [0.2, 0.25) is 5.95 Å². The van der Waals surface area contributed by atoms with E-state index in [1.54, 1.807) is 19.4 Å². The second-order valence-electron chi connectivity index (χ2n) is 7.13. The van der Waals surface area contributed by atoms with Gasteiger partial charge in [0, 0.05) is 23.7 Å². The molecule has 172 valence electrons. The second kappa shape index (κ2) is 10.9. The number of hydrogen-bond acceptors (Lipinski definition) is 8. The lowest BCUT2D eigenvalue weighted by molar-refractivity contribution is 0.122. The number of methoxy groups -OCH3 is 1. The third-order valence-electron chi connectivity index (χ3n) is 4.93. The van der Waals surface area contributed by atoms with Gasteiger partial charge in [-0.1, -0.05) is 29.8 Å². The Kier molecular flexibility index (Phi) is 7.54. The summed E-state index contributed by atoms with van der Waals surface area (Å²) in [5.74, 6) is 1.02. The van der Waals surface area contributed by atoms with Crippen LogP contribution in [0.4, 0.5) is 16.2 Å². The Hall–Kier alpha value is -3.43. The fraction of sp³-hybridized carbons (Fsp3) is 0.261. The minimum Gasteiger partial charge on any atom is -0.493 e. The summed E-state index contributed by atoms with van der Waals surface area (Å²) in [6, 6.07) is 12.9. The zero-order valence-electron chi connectivity index (χ0n) is 18.0. The van der Waals surface area contributed by atoms with E-state index in [4.69, 9.17) is 25.8 Å². The summed E-state index contributed by atoms with van der Waals surface area (Å²) in [4.78, 5) is 10.0. The summed E-state index contributed by atoms with van der Waals surface area (Å²) in [6.45, 7) is 2.51. The van der Waals surface area contributed by atoms with Gasteiger partial charge in [0.15, 0.2) is 23.1 Å². The molecule has 0 saturated carbocycles. The molecule has 0 aliphatic carbocycles. The van der Waals surface area contributed by atoms with Crippen LogP contribution in [0.15, 0.2) is 53.8 Å². The van der Waals surface area contributed by atoms with E-state index >= 15 is 0 Å². The number of morpholine rings is 1. The van der Waals surface area contributed by atoms with Crippen LogP contribution in [-0.4, -0.2) is 49.6 Å². The number of rotatable bonds is 8. The van der Waals surface area contributed by atoms with Crippen molar-refractivity contribution in [3.05, 3.63) is 70.6 Å². The Morgan fingerprint density at radius 3 is 2.76 bits per heavy atom. The molecule has 10 heteroatoms. The van der Waals surface area contributed by atoms with Crippen molar-refractivity contribution in [2.24, 2.45) is 5.10 Å². The predicted molar refractivity (Wildman–Crippen MR) is 125 cm³/mol. The van der Waals surface area contributed by atoms with Crippen molar-refractivity contribution in [2.45, 2.75) is 6.61 Å². The van der Waals surface area contributed by atoms with Crippen molar-refractivity contribution in [1.29, 1.82) is 0 Å². The summed E-state index contributed by atoms with van der Waals surface area (Å²) < 4.78 is 31.0. The van der Waals surface area contributed by atoms with E-state index < -0.39 is 5.82 Å². The molecule has 1 fully saturated rings. The molecule has 4 rings (SSSR count). The van der Waals surface area contributed by atoms with Crippen LogP contribution in [0, 0.1) is 5.82 Å². The van der Waals surface area contributed by atoms with Gasteiger partial charge in [-0.2, -0.15) is 10.1 Å². The van der Waals surface area contributed by atoms with Gasteiger partial charge in [-0.3, -0.25) is 0 Å². The Bertz CT molecular complexity index is 1110. The number of anilines is 2. The van der Waals surface area contributed by atoms with Crippen LogP contribution in [0.1, 0.15) is 11.1 Å². The fourth-order valence-electron chi connectivity index (χ4n) is 3.25. The first-order chi connectivity index (χ1) is 16.1. The molecule has 0 bridgehead atoms. The van der Waals surface area contributed by atoms with Crippen molar-refractivity contribution < 1.29 is 18.6 Å². The molecule has 1 aromatic heterocycles. The van der Waals surface area contributed by atoms with Crippen molar-refractivity contribution >= 4 is 29.6 Å².